The summed E-state index contributed by atoms with van der Waals surface area (Å²) in [5, 5.41) is 4.62. The summed E-state index contributed by atoms with van der Waals surface area (Å²) >= 11 is 0. The minimum atomic E-state index is -3.37. The molecule has 3 rings (SSSR count). The van der Waals surface area contributed by atoms with E-state index in [0.717, 1.165) is 22.6 Å². The van der Waals surface area contributed by atoms with Crippen LogP contribution in [-0.2, 0) is 30.6 Å². The van der Waals surface area contributed by atoms with Gasteiger partial charge in [-0.2, -0.15) is 0 Å². The topological polar surface area (TPSA) is 89.5 Å². The number of ether oxygens (including phenoxy) is 1. The average Bonchev–Trinajstić information content (AvgIpc) is 2.66. The smallest absolute Gasteiger partial charge is 0.310 e. The van der Waals surface area contributed by atoms with Crippen LogP contribution < -0.4 is 5.32 Å². The summed E-state index contributed by atoms with van der Waals surface area (Å²) in [5.74, 6) is -1.06. The van der Waals surface area contributed by atoms with Crippen molar-refractivity contribution in [1.29, 1.82) is 0 Å². The van der Waals surface area contributed by atoms with Crippen LogP contribution in [0.15, 0.2) is 71.6 Å². The van der Waals surface area contributed by atoms with Gasteiger partial charge in [-0.1, -0.05) is 48.5 Å². The second kappa shape index (κ2) is 8.22. The minimum absolute atomic E-state index is 0.0572. The molecular formula is C21H19NO5S. The van der Waals surface area contributed by atoms with E-state index in [2.05, 4.69) is 5.32 Å². The second-order valence-electron chi connectivity index (χ2n) is 6.37. The molecule has 6 nitrogen and oxygen atoms in total. The number of sulfone groups is 1. The first-order valence-electron chi connectivity index (χ1n) is 8.54. The summed E-state index contributed by atoms with van der Waals surface area (Å²) in [6.07, 6.45) is 1.14. The minimum Gasteiger partial charge on any atom is -0.455 e. The Bertz CT molecular complexity index is 1140. The van der Waals surface area contributed by atoms with Crippen LogP contribution >= 0.6 is 0 Å². The van der Waals surface area contributed by atoms with Gasteiger partial charge in [0, 0.05) is 11.9 Å². The number of rotatable bonds is 6. The Labute approximate surface area is 163 Å². The molecule has 0 spiro atoms. The number of carbonyl (C=O) groups excluding carboxylic acids is 2. The van der Waals surface area contributed by atoms with Gasteiger partial charge in [-0.25, -0.2) is 8.42 Å². The standard InChI is InChI=1S/C21H19NO5S/c1-28(25,26)19-8-4-7-18(13-19)22-20(23)14-27-21(24)12-15-9-10-16-5-2-3-6-17(16)11-15/h2-11,13H,12,14H2,1H3,(H,22,23). The first-order chi connectivity index (χ1) is 13.3. The highest BCUT2D eigenvalue weighted by Gasteiger charge is 2.11. The third-order valence-electron chi connectivity index (χ3n) is 4.07. The normalized spacial score (nSPS) is 11.2. The van der Waals surface area contributed by atoms with E-state index in [-0.39, 0.29) is 11.3 Å². The predicted octanol–water partition coefficient (Wildman–Crippen LogP) is 2.97. The first-order valence-corrected chi connectivity index (χ1v) is 10.4. The van der Waals surface area contributed by atoms with E-state index in [1.54, 1.807) is 6.07 Å². The third-order valence-corrected chi connectivity index (χ3v) is 5.18. The quantitative estimate of drug-likeness (QED) is 0.646. The third kappa shape index (κ3) is 5.17. The molecule has 0 saturated heterocycles. The second-order valence-corrected chi connectivity index (χ2v) is 8.38. The maximum Gasteiger partial charge on any atom is 0.310 e. The van der Waals surface area contributed by atoms with E-state index in [9.17, 15) is 18.0 Å². The molecular weight excluding hydrogens is 378 g/mol. The van der Waals surface area contributed by atoms with E-state index in [1.165, 1.54) is 18.2 Å². The Kier molecular flexibility index (Phi) is 5.75. The summed E-state index contributed by atoms with van der Waals surface area (Å²) in [7, 11) is -3.37. The van der Waals surface area contributed by atoms with E-state index >= 15 is 0 Å². The molecule has 144 valence electrons. The molecule has 0 aromatic heterocycles. The van der Waals surface area contributed by atoms with Gasteiger partial charge >= 0.3 is 5.97 Å². The van der Waals surface area contributed by atoms with E-state index in [4.69, 9.17) is 4.74 Å². The van der Waals surface area contributed by atoms with Crippen molar-refractivity contribution in [3.8, 4) is 0 Å². The molecule has 28 heavy (non-hydrogen) atoms. The number of amides is 1. The highest BCUT2D eigenvalue weighted by molar-refractivity contribution is 7.90. The van der Waals surface area contributed by atoms with Crippen LogP contribution in [0.2, 0.25) is 0 Å². The fraction of sp³-hybridized carbons (Fsp3) is 0.143. The van der Waals surface area contributed by atoms with Crippen molar-refractivity contribution in [2.75, 3.05) is 18.2 Å². The molecule has 7 heteroatoms. The van der Waals surface area contributed by atoms with Gasteiger partial charge in [0.05, 0.1) is 11.3 Å². The molecule has 3 aromatic carbocycles. The van der Waals surface area contributed by atoms with Crippen LogP contribution in [0.5, 0.6) is 0 Å². The predicted molar refractivity (Wildman–Crippen MR) is 107 cm³/mol. The summed E-state index contributed by atoms with van der Waals surface area (Å²) in [5.41, 5.74) is 1.11. The molecule has 3 aromatic rings. The van der Waals surface area contributed by atoms with Crippen LogP contribution in [0, 0.1) is 0 Å². The van der Waals surface area contributed by atoms with Crippen molar-refractivity contribution in [2.24, 2.45) is 0 Å². The lowest BCUT2D eigenvalue weighted by atomic mass is 10.1. The number of benzene rings is 3. The van der Waals surface area contributed by atoms with Gasteiger partial charge in [-0.05, 0) is 34.5 Å². The van der Waals surface area contributed by atoms with Crippen molar-refractivity contribution in [3.63, 3.8) is 0 Å². The zero-order valence-corrected chi connectivity index (χ0v) is 16.0. The van der Waals surface area contributed by atoms with Crippen LogP contribution in [0.1, 0.15) is 5.56 Å². The highest BCUT2D eigenvalue weighted by atomic mass is 32.2. The lowest BCUT2D eigenvalue weighted by Crippen LogP contribution is -2.21. The molecule has 0 heterocycles. The SMILES string of the molecule is CS(=O)(=O)c1cccc(NC(=O)COC(=O)Cc2ccc3ccccc3c2)c1. The molecule has 0 aliphatic carbocycles. The fourth-order valence-corrected chi connectivity index (χ4v) is 3.38. The molecule has 0 fully saturated rings. The maximum absolute atomic E-state index is 12.0. The van der Waals surface area contributed by atoms with Gasteiger partial charge in [0.2, 0.25) is 0 Å². The van der Waals surface area contributed by atoms with Gasteiger partial charge in [0.15, 0.2) is 16.4 Å². The zero-order chi connectivity index (χ0) is 20.1. The highest BCUT2D eigenvalue weighted by Crippen LogP contribution is 2.17. The van der Waals surface area contributed by atoms with Gasteiger partial charge < -0.3 is 10.1 Å². The van der Waals surface area contributed by atoms with Gasteiger partial charge in [0.1, 0.15) is 0 Å². The molecule has 1 N–H and O–H groups in total. The van der Waals surface area contributed by atoms with Crippen molar-refractivity contribution in [2.45, 2.75) is 11.3 Å². The Morgan fingerprint density at radius 3 is 2.43 bits per heavy atom. The van der Waals surface area contributed by atoms with Crippen LogP contribution in [-0.4, -0.2) is 33.2 Å². The first kappa shape index (κ1) is 19.6. The number of anilines is 1. The number of carbonyl (C=O) groups is 2. The number of hydrogen-bond donors (Lipinski definition) is 1. The Morgan fingerprint density at radius 1 is 0.929 bits per heavy atom. The van der Waals surface area contributed by atoms with E-state index < -0.39 is 28.3 Å². The summed E-state index contributed by atoms with van der Waals surface area (Å²) < 4.78 is 28.1. The van der Waals surface area contributed by atoms with E-state index in [1.807, 2.05) is 42.5 Å². The lowest BCUT2D eigenvalue weighted by molar-refractivity contribution is -0.146. The van der Waals surface area contributed by atoms with Crippen LogP contribution in [0.25, 0.3) is 10.8 Å². The summed E-state index contributed by atoms with van der Waals surface area (Å²) in [6, 6.07) is 19.4. The molecule has 0 aliphatic heterocycles. The van der Waals surface area contributed by atoms with E-state index in [0.29, 0.717) is 5.69 Å². The number of nitrogens with one attached hydrogen (secondary N) is 1. The summed E-state index contributed by atoms with van der Waals surface area (Å²) in [4.78, 5) is 24.1. The van der Waals surface area contributed by atoms with Gasteiger partial charge in [-0.15, -0.1) is 0 Å². The molecule has 0 aliphatic rings. The Balaban J connectivity index is 1.54. The van der Waals surface area contributed by atoms with Gasteiger partial charge in [-0.3, -0.25) is 9.59 Å². The summed E-state index contributed by atoms with van der Waals surface area (Å²) in [6.45, 7) is -0.449. The monoisotopic (exact) mass is 397 g/mol. The number of esters is 1. The molecule has 0 radical (unpaired) electrons. The zero-order valence-electron chi connectivity index (χ0n) is 15.2. The molecule has 0 bridgehead atoms. The lowest BCUT2D eigenvalue weighted by Gasteiger charge is -2.08. The van der Waals surface area contributed by atoms with Crippen molar-refractivity contribution in [1.82, 2.24) is 0 Å². The Hall–Kier alpha value is -3.19. The van der Waals surface area contributed by atoms with Gasteiger partial charge in [0.25, 0.3) is 5.91 Å². The largest absolute Gasteiger partial charge is 0.455 e. The average molecular weight is 397 g/mol. The van der Waals surface area contributed by atoms with Crippen molar-refractivity contribution >= 4 is 38.2 Å². The Morgan fingerprint density at radius 2 is 1.68 bits per heavy atom. The van der Waals surface area contributed by atoms with Crippen molar-refractivity contribution < 1.29 is 22.7 Å². The number of fused-ring (bicyclic) bond motifs is 1. The number of hydrogen-bond acceptors (Lipinski definition) is 5. The van der Waals surface area contributed by atoms with Crippen LogP contribution in [0.4, 0.5) is 5.69 Å². The molecule has 0 unspecified atom stereocenters. The fourth-order valence-electron chi connectivity index (χ4n) is 2.71. The van der Waals surface area contributed by atoms with Crippen molar-refractivity contribution in [3.05, 3.63) is 72.3 Å². The molecule has 1 amide bonds. The van der Waals surface area contributed by atoms with Crippen LogP contribution in [0.3, 0.4) is 0 Å². The molecule has 0 saturated carbocycles. The maximum atomic E-state index is 12.0. The molecule has 0 atom stereocenters.